The second-order valence-corrected chi connectivity index (χ2v) is 5.65. The molecule has 0 aromatic heterocycles. The van der Waals surface area contributed by atoms with Crippen LogP contribution in [0.4, 0.5) is 0 Å². The number of carbonyl (C=O) groups excluding carboxylic acids is 2. The van der Waals surface area contributed by atoms with Gasteiger partial charge in [0, 0.05) is 6.92 Å². The number of esters is 1. The molecule has 1 rings (SSSR count). The minimum atomic E-state index is -3.93. The van der Waals surface area contributed by atoms with Gasteiger partial charge < -0.3 is 13.8 Å². The Morgan fingerprint density at radius 2 is 1.65 bits per heavy atom. The summed E-state index contributed by atoms with van der Waals surface area (Å²) in [5.74, 6) is -0.544. The van der Waals surface area contributed by atoms with Gasteiger partial charge in [-0.1, -0.05) is 12.1 Å². The molecule has 0 spiro atoms. The quantitative estimate of drug-likeness (QED) is 0.437. The standard InChI is InChI=1S/C13H17O6P/c1-4-17-20(16,18-5-2)13(15)11-8-6-7-9-12(11)19-10(3)14/h6-9H,4-5H2,1-3H3. The van der Waals surface area contributed by atoms with E-state index in [9.17, 15) is 14.2 Å². The summed E-state index contributed by atoms with van der Waals surface area (Å²) in [4.78, 5) is 23.4. The van der Waals surface area contributed by atoms with E-state index in [0.717, 1.165) is 0 Å². The Morgan fingerprint density at radius 1 is 1.10 bits per heavy atom. The summed E-state index contributed by atoms with van der Waals surface area (Å²) < 4.78 is 27.3. The first kappa shape index (κ1) is 16.6. The molecule has 20 heavy (non-hydrogen) atoms. The van der Waals surface area contributed by atoms with Crippen molar-refractivity contribution in [1.29, 1.82) is 0 Å². The number of carbonyl (C=O) groups is 2. The fraction of sp³-hybridized carbons (Fsp3) is 0.385. The molecule has 0 amide bonds. The predicted octanol–water partition coefficient (Wildman–Crippen LogP) is 3.02. The van der Waals surface area contributed by atoms with Crippen LogP contribution in [-0.2, 0) is 18.4 Å². The van der Waals surface area contributed by atoms with Crippen LogP contribution in [0.1, 0.15) is 31.1 Å². The van der Waals surface area contributed by atoms with Gasteiger partial charge in [0.2, 0.25) is 0 Å². The van der Waals surface area contributed by atoms with Crippen molar-refractivity contribution in [2.24, 2.45) is 0 Å². The summed E-state index contributed by atoms with van der Waals surface area (Å²) in [6.45, 7) is 4.57. The van der Waals surface area contributed by atoms with E-state index in [1.165, 1.54) is 19.1 Å². The Morgan fingerprint density at radius 3 is 2.15 bits per heavy atom. The molecule has 0 atom stereocenters. The Bertz CT molecular complexity index is 529. The number of rotatable bonds is 7. The van der Waals surface area contributed by atoms with Gasteiger partial charge in [-0.2, -0.15) is 0 Å². The van der Waals surface area contributed by atoms with E-state index in [1.807, 2.05) is 0 Å². The first-order valence-corrected chi connectivity index (χ1v) is 7.70. The summed E-state index contributed by atoms with van der Waals surface area (Å²) >= 11 is 0. The maximum Gasteiger partial charge on any atom is 0.401 e. The topological polar surface area (TPSA) is 78.9 Å². The van der Waals surface area contributed by atoms with Crippen molar-refractivity contribution in [3.05, 3.63) is 29.8 Å². The predicted molar refractivity (Wildman–Crippen MR) is 72.9 cm³/mol. The summed E-state index contributed by atoms with van der Waals surface area (Å²) in [5, 5.41) is 0. The van der Waals surface area contributed by atoms with Crippen molar-refractivity contribution in [2.75, 3.05) is 13.2 Å². The molecule has 0 bridgehead atoms. The molecule has 1 aromatic rings. The molecule has 0 aliphatic carbocycles. The maximum absolute atomic E-state index is 12.4. The second-order valence-electron chi connectivity index (χ2n) is 3.73. The van der Waals surface area contributed by atoms with Crippen LogP contribution in [0, 0.1) is 0 Å². The van der Waals surface area contributed by atoms with Crippen molar-refractivity contribution >= 4 is 19.1 Å². The molecular weight excluding hydrogens is 283 g/mol. The maximum atomic E-state index is 12.4. The molecule has 0 radical (unpaired) electrons. The minimum absolute atomic E-state index is 0.00654. The summed E-state index contributed by atoms with van der Waals surface area (Å²) in [6, 6.07) is 6.02. The molecule has 0 heterocycles. The normalized spacial score (nSPS) is 11.2. The highest BCUT2D eigenvalue weighted by molar-refractivity contribution is 7.72. The van der Waals surface area contributed by atoms with E-state index >= 15 is 0 Å². The largest absolute Gasteiger partial charge is 0.426 e. The first-order valence-electron chi connectivity index (χ1n) is 6.16. The van der Waals surface area contributed by atoms with Crippen LogP contribution in [0.25, 0.3) is 0 Å². The van der Waals surface area contributed by atoms with Crippen LogP contribution >= 0.6 is 7.60 Å². The molecule has 0 aliphatic rings. The van der Waals surface area contributed by atoms with E-state index in [0.29, 0.717) is 0 Å². The van der Waals surface area contributed by atoms with E-state index < -0.39 is 19.1 Å². The van der Waals surface area contributed by atoms with Gasteiger partial charge in [-0.05, 0) is 26.0 Å². The molecule has 7 heteroatoms. The highest BCUT2D eigenvalue weighted by Crippen LogP contribution is 2.52. The molecular formula is C13H17O6P. The fourth-order valence-corrected chi connectivity index (χ4v) is 3.00. The van der Waals surface area contributed by atoms with Gasteiger partial charge in [-0.3, -0.25) is 14.2 Å². The molecule has 6 nitrogen and oxygen atoms in total. The van der Waals surface area contributed by atoms with Crippen LogP contribution < -0.4 is 4.74 Å². The third-order valence-electron chi connectivity index (χ3n) is 2.22. The summed E-state index contributed by atoms with van der Waals surface area (Å²) in [6.07, 6.45) is 0. The molecule has 0 N–H and O–H groups in total. The second kappa shape index (κ2) is 7.33. The van der Waals surface area contributed by atoms with Crippen LogP contribution in [0.2, 0.25) is 0 Å². The van der Waals surface area contributed by atoms with E-state index in [-0.39, 0.29) is 24.5 Å². The Kier molecular flexibility index (Phi) is 6.07. The minimum Gasteiger partial charge on any atom is -0.426 e. The average Bonchev–Trinajstić information content (AvgIpc) is 2.38. The summed E-state index contributed by atoms with van der Waals surface area (Å²) in [5.41, 5.74) is -0.828. The van der Waals surface area contributed by atoms with Crippen molar-refractivity contribution in [1.82, 2.24) is 0 Å². The average molecular weight is 300 g/mol. The fourth-order valence-electron chi connectivity index (χ4n) is 1.53. The first-order chi connectivity index (χ1) is 9.44. The number of para-hydroxylation sites is 1. The molecule has 110 valence electrons. The molecule has 0 fully saturated rings. The van der Waals surface area contributed by atoms with Crippen LogP contribution in [0.5, 0.6) is 5.75 Å². The number of benzene rings is 1. The number of hydrogen-bond donors (Lipinski definition) is 0. The van der Waals surface area contributed by atoms with Gasteiger partial charge in [0.05, 0.1) is 18.8 Å². The molecule has 0 unspecified atom stereocenters. The zero-order chi connectivity index (χ0) is 15.2. The van der Waals surface area contributed by atoms with E-state index in [1.54, 1.807) is 26.0 Å². The van der Waals surface area contributed by atoms with Gasteiger partial charge in [-0.15, -0.1) is 0 Å². The third-order valence-corrected chi connectivity index (χ3v) is 4.15. The molecule has 1 aromatic carbocycles. The highest BCUT2D eigenvalue weighted by Gasteiger charge is 2.37. The van der Waals surface area contributed by atoms with Crippen LogP contribution in [0.15, 0.2) is 24.3 Å². The number of ether oxygens (including phenoxy) is 1. The third kappa shape index (κ3) is 4.00. The van der Waals surface area contributed by atoms with Gasteiger partial charge in [0.1, 0.15) is 5.75 Å². The van der Waals surface area contributed by atoms with Crippen molar-refractivity contribution in [2.45, 2.75) is 20.8 Å². The van der Waals surface area contributed by atoms with Crippen molar-refractivity contribution in [3.8, 4) is 5.75 Å². The Balaban J connectivity index is 3.18. The molecule has 0 saturated heterocycles. The van der Waals surface area contributed by atoms with Crippen molar-refractivity contribution in [3.63, 3.8) is 0 Å². The van der Waals surface area contributed by atoms with E-state index in [4.69, 9.17) is 13.8 Å². The Hall–Kier alpha value is -1.49. The zero-order valence-electron chi connectivity index (χ0n) is 11.6. The van der Waals surface area contributed by atoms with Crippen molar-refractivity contribution < 1.29 is 27.9 Å². The lowest BCUT2D eigenvalue weighted by atomic mass is 10.2. The van der Waals surface area contributed by atoms with Gasteiger partial charge >= 0.3 is 13.6 Å². The van der Waals surface area contributed by atoms with Gasteiger partial charge in [0.15, 0.2) is 0 Å². The van der Waals surface area contributed by atoms with Gasteiger partial charge in [0.25, 0.3) is 5.52 Å². The SMILES string of the molecule is CCOP(=O)(OCC)C(=O)c1ccccc1OC(C)=O. The lowest BCUT2D eigenvalue weighted by Crippen LogP contribution is -2.11. The zero-order valence-corrected chi connectivity index (χ0v) is 12.5. The molecule has 0 saturated carbocycles. The van der Waals surface area contributed by atoms with Gasteiger partial charge in [-0.25, -0.2) is 0 Å². The smallest absolute Gasteiger partial charge is 0.401 e. The molecule has 0 aliphatic heterocycles. The lowest BCUT2D eigenvalue weighted by molar-refractivity contribution is -0.131. The summed E-state index contributed by atoms with van der Waals surface area (Å²) in [7, 11) is -3.93. The van der Waals surface area contributed by atoms with Crippen LogP contribution in [0.3, 0.4) is 0 Å². The number of hydrogen-bond acceptors (Lipinski definition) is 6. The Labute approximate surface area is 117 Å². The van der Waals surface area contributed by atoms with E-state index in [2.05, 4.69) is 0 Å². The van der Waals surface area contributed by atoms with Crippen LogP contribution in [-0.4, -0.2) is 24.7 Å². The lowest BCUT2D eigenvalue weighted by Gasteiger charge is -2.16. The monoisotopic (exact) mass is 300 g/mol. The highest BCUT2D eigenvalue weighted by atomic mass is 31.2.